The molecule has 1 atom stereocenters. The lowest BCUT2D eigenvalue weighted by molar-refractivity contribution is -0.192. The Morgan fingerprint density at radius 3 is 2.64 bits per heavy atom. The van der Waals surface area contributed by atoms with Crippen LogP contribution in [0.3, 0.4) is 0 Å². The van der Waals surface area contributed by atoms with E-state index in [1.165, 1.54) is 16.7 Å². The summed E-state index contributed by atoms with van der Waals surface area (Å²) in [5, 5.41) is 12.0. The molecular weight excluding hydrogens is 319 g/mol. The number of rotatable bonds is 6. The van der Waals surface area contributed by atoms with Gasteiger partial charge in [-0.2, -0.15) is 13.2 Å². The van der Waals surface area contributed by atoms with Crippen LogP contribution >= 0.6 is 11.8 Å². The van der Waals surface area contributed by atoms with Crippen LogP contribution in [-0.4, -0.2) is 69.4 Å². The molecule has 1 aliphatic carbocycles. The van der Waals surface area contributed by atoms with Gasteiger partial charge in [0.25, 0.3) is 0 Å². The van der Waals surface area contributed by atoms with E-state index in [2.05, 4.69) is 15.5 Å². The first kappa shape index (κ1) is 16.0. The molecule has 0 N–H and O–H groups in total. The van der Waals surface area contributed by atoms with Crippen molar-refractivity contribution in [2.45, 2.75) is 42.7 Å². The Bertz CT molecular complexity index is 487. The van der Waals surface area contributed by atoms with Crippen molar-refractivity contribution in [3.05, 3.63) is 0 Å². The molecule has 0 spiro atoms. The molecule has 2 fully saturated rings. The number of nitrogens with zero attached hydrogens (tertiary/aromatic N) is 5. The van der Waals surface area contributed by atoms with Crippen LogP contribution in [-0.2, 0) is 4.74 Å². The van der Waals surface area contributed by atoms with Crippen molar-refractivity contribution in [2.24, 2.45) is 0 Å². The van der Waals surface area contributed by atoms with E-state index in [4.69, 9.17) is 4.74 Å². The van der Waals surface area contributed by atoms with Crippen molar-refractivity contribution >= 4 is 11.8 Å². The maximum absolute atomic E-state index is 13.3. The smallest absolute Gasteiger partial charge is 0.379 e. The van der Waals surface area contributed by atoms with E-state index in [0.29, 0.717) is 43.3 Å². The van der Waals surface area contributed by atoms with Gasteiger partial charge in [-0.15, -0.1) is 5.10 Å². The summed E-state index contributed by atoms with van der Waals surface area (Å²) in [6, 6.07) is -1.09. The van der Waals surface area contributed by atoms with Crippen LogP contribution in [0.1, 0.15) is 25.3 Å². The Balaban J connectivity index is 1.55. The summed E-state index contributed by atoms with van der Waals surface area (Å²) < 4.78 is 46.6. The molecule has 0 bridgehead atoms. The minimum Gasteiger partial charge on any atom is -0.379 e. The van der Waals surface area contributed by atoms with Crippen LogP contribution in [0.4, 0.5) is 13.2 Å². The zero-order valence-electron chi connectivity index (χ0n) is 12.0. The van der Waals surface area contributed by atoms with Gasteiger partial charge in [-0.25, -0.2) is 4.68 Å². The van der Waals surface area contributed by atoms with Gasteiger partial charge in [0.1, 0.15) is 6.04 Å². The molecule has 2 aliphatic rings. The van der Waals surface area contributed by atoms with Crippen LogP contribution < -0.4 is 0 Å². The first-order chi connectivity index (χ1) is 10.6. The molecule has 3 rings (SSSR count). The quantitative estimate of drug-likeness (QED) is 0.737. The summed E-state index contributed by atoms with van der Waals surface area (Å²) in [6.45, 7) is 1.38. The molecule has 0 amide bonds. The number of alkyl halides is 3. The van der Waals surface area contributed by atoms with Crippen molar-refractivity contribution in [1.82, 2.24) is 25.1 Å². The van der Waals surface area contributed by atoms with Crippen LogP contribution in [0, 0.1) is 0 Å². The maximum atomic E-state index is 13.3. The molecular formula is C12H18F3N5OS. The van der Waals surface area contributed by atoms with Gasteiger partial charge in [-0.05, 0) is 29.7 Å². The summed E-state index contributed by atoms with van der Waals surface area (Å²) in [5.74, 6) is 0.342. The summed E-state index contributed by atoms with van der Waals surface area (Å²) in [4.78, 5) is 1.47. The minimum absolute atomic E-state index is 0.0334. The standard InChI is InChI=1S/C12H18F3N5OS/c13-12(14,15)10(19-4-6-21-7-5-19)3-8-22-11-16-17-18-20(11)9-1-2-9/h9-10H,1-8H2. The van der Waals surface area contributed by atoms with Gasteiger partial charge in [-0.1, -0.05) is 11.8 Å². The number of aromatic nitrogens is 4. The highest BCUT2D eigenvalue weighted by molar-refractivity contribution is 7.99. The fraction of sp³-hybridized carbons (Fsp3) is 0.917. The van der Waals surface area contributed by atoms with Crippen molar-refractivity contribution in [3.8, 4) is 0 Å². The lowest BCUT2D eigenvalue weighted by Crippen LogP contribution is -2.50. The average Bonchev–Trinajstić information content (AvgIpc) is 3.22. The highest BCUT2D eigenvalue weighted by Crippen LogP contribution is 2.37. The summed E-state index contributed by atoms with van der Waals surface area (Å²) in [7, 11) is 0. The summed E-state index contributed by atoms with van der Waals surface area (Å²) >= 11 is 1.30. The Kier molecular flexibility index (Phi) is 4.88. The molecule has 2 heterocycles. The van der Waals surface area contributed by atoms with Crippen LogP contribution in [0.25, 0.3) is 0 Å². The minimum atomic E-state index is -4.22. The largest absolute Gasteiger partial charge is 0.404 e. The first-order valence-electron chi connectivity index (χ1n) is 7.35. The van der Waals surface area contributed by atoms with Gasteiger partial charge in [0.2, 0.25) is 5.16 Å². The number of hydrogen-bond donors (Lipinski definition) is 0. The number of hydrogen-bond acceptors (Lipinski definition) is 6. The lowest BCUT2D eigenvalue weighted by atomic mass is 10.1. The second-order valence-corrected chi connectivity index (χ2v) is 6.54. The molecule has 6 nitrogen and oxygen atoms in total. The van der Waals surface area contributed by atoms with Crippen molar-refractivity contribution in [3.63, 3.8) is 0 Å². The van der Waals surface area contributed by atoms with E-state index in [0.717, 1.165) is 12.8 Å². The second kappa shape index (κ2) is 6.71. The fourth-order valence-electron chi connectivity index (χ4n) is 2.53. The molecule has 1 aromatic heterocycles. The van der Waals surface area contributed by atoms with Gasteiger partial charge in [-0.3, -0.25) is 4.90 Å². The van der Waals surface area contributed by atoms with E-state index < -0.39 is 12.2 Å². The molecule has 1 saturated heterocycles. The van der Waals surface area contributed by atoms with E-state index >= 15 is 0 Å². The van der Waals surface area contributed by atoms with Gasteiger partial charge >= 0.3 is 6.18 Å². The highest BCUT2D eigenvalue weighted by atomic mass is 32.2. The molecule has 1 unspecified atom stereocenters. The molecule has 10 heteroatoms. The monoisotopic (exact) mass is 337 g/mol. The summed E-state index contributed by atoms with van der Waals surface area (Å²) in [6.07, 6.45) is -2.11. The zero-order valence-corrected chi connectivity index (χ0v) is 12.8. The second-order valence-electron chi connectivity index (χ2n) is 5.48. The summed E-state index contributed by atoms with van der Waals surface area (Å²) in [5.41, 5.74) is 0. The molecule has 0 radical (unpaired) electrons. The zero-order chi connectivity index (χ0) is 15.6. The number of thioether (sulfide) groups is 1. The number of ether oxygens (including phenoxy) is 1. The van der Waals surface area contributed by atoms with Gasteiger partial charge in [0.15, 0.2) is 0 Å². The van der Waals surface area contributed by atoms with Crippen molar-refractivity contribution < 1.29 is 17.9 Å². The van der Waals surface area contributed by atoms with Gasteiger partial charge in [0.05, 0.1) is 19.3 Å². The first-order valence-corrected chi connectivity index (χ1v) is 8.33. The number of tetrazole rings is 1. The number of halogens is 3. The highest BCUT2D eigenvalue weighted by Gasteiger charge is 2.43. The van der Waals surface area contributed by atoms with E-state index in [1.54, 1.807) is 4.68 Å². The predicted octanol–water partition coefficient (Wildman–Crippen LogP) is 1.75. The third kappa shape index (κ3) is 3.90. The molecule has 124 valence electrons. The fourth-order valence-corrected chi connectivity index (χ4v) is 3.47. The van der Waals surface area contributed by atoms with Crippen molar-refractivity contribution in [2.75, 3.05) is 32.1 Å². The third-order valence-corrected chi connectivity index (χ3v) is 4.81. The normalized spacial score (nSPS) is 22.0. The Morgan fingerprint density at radius 2 is 2.00 bits per heavy atom. The predicted molar refractivity (Wildman–Crippen MR) is 73.7 cm³/mol. The lowest BCUT2D eigenvalue weighted by Gasteiger charge is -2.35. The molecule has 0 aromatic carbocycles. The van der Waals surface area contributed by atoms with Gasteiger partial charge in [0, 0.05) is 18.8 Å². The SMILES string of the molecule is FC(F)(F)C(CCSc1nnnn1C1CC1)N1CCOCC1. The molecule has 1 aliphatic heterocycles. The molecule has 1 aromatic rings. The Hall–Kier alpha value is -0.870. The molecule has 1 saturated carbocycles. The van der Waals surface area contributed by atoms with Crippen molar-refractivity contribution in [1.29, 1.82) is 0 Å². The topological polar surface area (TPSA) is 56.1 Å². The van der Waals surface area contributed by atoms with Crippen LogP contribution in [0.5, 0.6) is 0 Å². The van der Waals surface area contributed by atoms with E-state index in [-0.39, 0.29) is 6.42 Å². The van der Waals surface area contributed by atoms with E-state index in [9.17, 15) is 13.2 Å². The number of morpholine rings is 1. The maximum Gasteiger partial charge on any atom is 0.404 e. The van der Waals surface area contributed by atoms with Gasteiger partial charge < -0.3 is 4.74 Å². The Labute approximate surface area is 130 Å². The third-order valence-electron chi connectivity index (χ3n) is 3.84. The Morgan fingerprint density at radius 1 is 1.27 bits per heavy atom. The molecule has 22 heavy (non-hydrogen) atoms. The van der Waals surface area contributed by atoms with Crippen LogP contribution in [0.2, 0.25) is 0 Å². The van der Waals surface area contributed by atoms with E-state index in [1.807, 2.05) is 0 Å². The average molecular weight is 337 g/mol. The van der Waals surface area contributed by atoms with Crippen LogP contribution in [0.15, 0.2) is 5.16 Å².